The quantitative estimate of drug-likeness (QED) is 0.774. The van der Waals surface area contributed by atoms with Crippen molar-refractivity contribution in [3.05, 3.63) is 35.4 Å². The van der Waals surface area contributed by atoms with E-state index < -0.39 is 0 Å². The standard InChI is InChI=1S/C17H19NO2/c1-20-15(19)17-9-6-16(7-10-17,8-11-17)14-4-2-13(12-18)3-5-14/h2-5H,6-11H2,1H3. The summed E-state index contributed by atoms with van der Waals surface area (Å²) < 4.78 is 5.00. The van der Waals surface area contributed by atoms with E-state index in [1.165, 1.54) is 12.7 Å². The molecule has 0 radical (unpaired) electrons. The van der Waals surface area contributed by atoms with Crippen LogP contribution in [0.5, 0.6) is 0 Å². The Hall–Kier alpha value is -1.82. The van der Waals surface area contributed by atoms with Crippen molar-refractivity contribution in [1.29, 1.82) is 5.26 Å². The first kappa shape index (κ1) is 13.2. The molecule has 0 spiro atoms. The van der Waals surface area contributed by atoms with E-state index in [1.807, 2.05) is 12.1 Å². The van der Waals surface area contributed by atoms with Gasteiger partial charge < -0.3 is 4.74 Å². The second kappa shape index (κ2) is 4.63. The maximum atomic E-state index is 12.0. The fraction of sp³-hybridized carbons (Fsp3) is 0.529. The van der Waals surface area contributed by atoms with Gasteiger partial charge in [-0.05, 0) is 61.6 Å². The highest BCUT2D eigenvalue weighted by Crippen LogP contribution is 2.58. The molecule has 3 heteroatoms. The maximum Gasteiger partial charge on any atom is 0.311 e. The van der Waals surface area contributed by atoms with E-state index in [0.717, 1.165) is 38.5 Å². The number of carbonyl (C=O) groups excluding carboxylic acids is 1. The molecule has 0 aromatic heterocycles. The van der Waals surface area contributed by atoms with Crippen LogP contribution in [0.15, 0.2) is 24.3 Å². The van der Waals surface area contributed by atoms with Gasteiger partial charge in [0, 0.05) is 0 Å². The van der Waals surface area contributed by atoms with Gasteiger partial charge in [0.2, 0.25) is 0 Å². The first-order valence-electron chi connectivity index (χ1n) is 7.23. The Bertz CT molecular complexity index is 543. The predicted molar refractivity (Wildman–Crippen MR) is 75.0 cm³/mol. The van der Waals surface area contributed by atoms with Gasteiger partial charge in [0.25, 0.3) is 0 Å². The van der Waals surface area contributed by atoms with Gasteiger partial charge in [0.15, 0.2) is 0 Å². The van der Waals surface area contributed by atoms with E-state index in [9.17, 15) is 4.79 Å². The van der Waals surface area contributed by atoms with Crippen LogP contribution < -0.4 is 0 Å². The zero-order valence-electron chi connectivity index (χ0n) is 11.8. The van der Waals surface area contributed by atoms with Crippen LogP contribution in [0, 0.1) is 16.7 Å². The summed E-state index contributed by atoms with van der Waals surface area (Å²) in [5.74, 6) is -0.0226. The summed E-state index contributed by atoms with van der Waals surface area (Å²) in [7, 11) is 1.49. The van der Waals surface area contributed by atoms with Crippen LogP contribution >= 0.6 is 0 Å². The Kier molecular flexibility index (Phi) is 3.05. The van der Waals surface area contributed by atoms with E-state index in [4.69, 9.17) is 10.00 Å². The molecule has 0 saturated heterocycles. The number of fused-ring (bicyclic) bond motifs is 3. The molecule has 1 aromatic carbocycles. The van der Waals surface area contributed by atoms with Crippen LogP contribution in [0.1, 0.15) is 49.7 Å². The smallest absolute Gasteiger partial charge is 0.311 e. The lowest BCUT2D eigenvalue weighted by Crippen LogP contribution is -2.48. The zero-order chi connectivity index (χ0) is 14.2. The molecule has 20 heavy (non-hydrogen) atoms. The first-order valence-corrected chi connectivity index (χ1v) is 7.23. The fourth-order valence-corrected chi connectivity index (χ4v) is 4.04. The Balaban J connectivity index is 1.84. The number of carbonyl (C=O) groups is 1. The minimum atomic E-state index is -0.219. The van der Waals surface area contributed by atoms with Crippen LogP contribution in [-0.2, 0) is 14.9 Å². The van der Waals surface area contributed by atoms with Crippen molar-refractivity contribution in [1.82, 2.24) is 0 Å². The molecule has 0 heterocycles. The summed E-state index contributed by atoms with van der Waals surface area (Å²) in [6.45, 7) is 0. The molecule has 3 fully saturated rings. The number of nitrogens with zero attached hydrogens (tertiary/aromatic N) is 1. The molecule has 1 aromatic rings. The largest absolute Gasteiger partial charge is 0.469 e. The minimum absolute atomic E-state index is 0.0226. The lowest BCUT2D eigenvalue weighted by molar-refractivity contribution is -0.160. The molecule has 4 rings (SSSR count). The molecular weight excluding hydrogens is 250 g/mol. The molecule has 3 aliphatic rings. The number of hydrogen-bond donors (Lipinski definition) is 0. The molecule has 0 amide bonds. The van der Waals surface area contributed by atoms with E-state index in [1.54, 1.807) is 0 Å². The number of benzene rings is 1. The van der Waals surface area contributed by atoms with Crippen LogP contribution in [0.3, 0.4) is 0 Å². The maximum absolute atomic E-state index is 12.0. The van der Waals surface area contributed by atoms with Crippen molar-refractivity contribution in [2.24, 2.45) is 5.41 Å². The minimum Gasteiger partial charge on any atom is -0.469 e. The number of methoxy groups -OCH3 is 1. The van der Waals surface area contributed by atoms with E-state index in [0.29, 0.717) is 5.56 Å². The van der Waals surface area contributed by atoms with Gasteiger partial charge in [-0.1, -0.05) is 12.1 Å². The van der Waals surface area contributed by atoms with Gasteiger partial charge in [-0.2, -0.15) is 5.26 Å². The van der Waals surface area contributed by atoms with Crippen molar-refractivity contribution in [3.8, 4) is 6.07 Å². The van der Waals surface area contributed by atoms with Crippen LogP contribution in [0.2, 0.25) is 0 Å². The zero-order valence-corrected chi connectivity index (χ0v) is 11.8. The summed E-state index contributed by atoms with van der Waals surface area (Å²) in [5, 5.41) is 8.89. The molecule has 0 aliphatic heterocycles. The molecule has 3 nitrogen and oxygen atoms in total. The van der Waals surface area contributed by atoms with Crippen molar-refractivity contribution >= 4 is 5.97 Å². The third-order valence-electron chi connectivity index (χ3n) is 5.49. The SMILES string of the molecule is COC(=O)C12CCC(c3ccc(C#N)cc3)(CC1)CC2. The second-order valence-corrected chi connectivity index (χ2v) is 6.24. The van der Waals surface area contributed by atoms with E-state index >= 15 is 0 Å². The number of nitriles is 1. The fourth-order valence-electron chi connectivity index (χ4n) is 4.04. The van der Waals surface area contributed by atoms with Gasteiger partial charge in [0.1, 0.15) is 0 Å². The Labute approximate surface area is 119 Å². The summed E-state index contributed by atoms with van der Waals surface area (Å²) in [4.78, 5) is 12.0. The molecule has 2 bridgehead atoms. The van der Waals surface area contributed by atoms with Crippen molar-refractivity contribution in [3.63, 3.8) is 0 Å². The van der Waals surface area contributed by atoms with Crippen LogP contribution in [0.4, 0.5) is 0 Å². The topological polar surface area (TPSA) is 50.1 Å². The van der Waals surface area contributed by atoms with Crippen LogP contribution in [-0.4, -0.2) is 13.1 Å². The van der Waals surface area contributed by atoms with E-state index in [-0.39, 0.29) is 16.8 Å². The number of esters is 1. The van der Waals surface area contributed by atoms with Gasteiger partial charge in [0.05, 0.1) is 24.2 Å². The number of hydrogen-bond acceptors (Lipinski definition) is 3. The molecule has 0 atom stereocenters. The van der Waals surface area contributed by atoms with Gasteiger partial charge in [-0.3, -0.25) is 4.79 Å². The average Bonchev–Trinajstić information content (AvgIpc) is 2.55. The predicted octanol–water partition coefficient (Wildman–Crippen LogP) is 3.32. The molecule has 3 aliphatic carbocycles. The summed E-state index contributed by atoms with van der Waals surface area (Å²) in [5.41, 5.74) is 2.03. The molecular formula is C17H19NO2. The van der Waals surface area contributed by atoms with Crippen LogP contribution in [0.25, 0.3) is 0 Å². The second-order valence-electron chi connectivity index (χ2n) is 6.24. The summed E-state index contributed by atoms with van der Waals surface area (Å²) >= 11 is 0. The highest BCUT2D eigenvalue weighted by atomic mass is 16.5. The molecule has 0 unspecified atom stereocenters. The third-order valence-corrected chi connectivity index (χ3v) is 5.49. The molecule has 3 saturated carbocycles. The Morgan fingerprint density at radius 1 is 1.10 bits per heavy atom. The lowest BCUT2D eigenvalue weighted by Gasteiger charge is -2.52. The summed E-state index contributed by atoms with van der Waals surface area (Å²) in [6, 6.07) is 10.2. The normalized spacial score (nSPS) is 31.6. The first-order chi connectivity index (χ1) is 9.64. The molecule has 104 valence electrons. The highest BCUT2D eigenvalue weighted by Gasteiger charge is 2.53. The van der Waals surface area contributed by atoms with Crippen molar-refractivity contribution < 1.29 is 9.53 Å². The lowest BCUT2D eigenvalue weighted by atomic mass is 9.52. The summed E-state index contributed by atoms with van der Waals surface area (Å²) in [6.07, 6.45) is 5.94. The van der Waals surface area contributed by atoms with Gasteiger partial charge in [-0.15, -0.1) is 0 Å². The van der Waals surface area contributed by atoms with Gasteiger partial charge >= 0.3 is 5.97 Å². The van der Waals surface area contributed by atoms with Gasteiger partial charge in [-0.25, -0.2) is 0 Å². The number of rotatable bonds is 2. The third kappa shape index (κ3) is 1.83. The Morgan fingerprint density at radius 2 is 1.65 bits per heavy atom. The highest BCUT2D eigenvalue weighted by molar-refractivity contribution is 5.77. The van der Waals surface area contributed by atoms with Crippen molar-refractivity contribution in [2.75, 3.05) is 7.11 Å². The average molecular weight is 269 g/mol. The van der Waals surface area contributed by atoms with Crippen molar-refractivity contribution in [2.45, 2.75) is 43.9 Å². The monoisotopic (exact) mass is 269 g/mol. The Morgan fingerprint density at radius 3 is 2.10 bits per heavy atom. The van der Waals surface area contributed by atoms with E-state index in [2.05, 4.69) is 18.2 Å². The number of ether oxygens (including phenoxy) is 1. The molecule has 0 N–H and O–H groups in total.